The molecule has 2 N–H and O–H groups in total. The first kappa shape index (κ1) is 8.84. The minimum Gasteiger partial charge on any atom is -0.381 e. The van der Waals surface area contributed by atoms with E-state index in [2.05, 4.69) is 9.97 Å². The van der Waals surface area contributed by atoms with Gasteiger partial charge in [-0.1, -0.05) is 0 Å². The molecule has 2 unspecified atom stereocenters. The highest BCUT2D eigenvalue weighted by Gasteiger charge is 2.46. The smallest absolute Gasteiger partial charge is 0.227 e. The molecule has 2 atom stereocenters. The van der Waals surface area contributed by atoms with Gasteiger partial charge in [0.25, 0.3) is 0 Å². The molecule has 80 valence electrons. The molecule has 1 saturated heterocycles. The van der Waals surface area contributed by atoms with Gasteiger partial charge in [0, 0.05) is 6.54 Å². The third-order valence-corrected chi connectivity index (χ3v) is 2.78. The molecule has 1 aromatic heterocycles. The molecule has 1 saturated carbocycles. The maximum Gasteiger partial charge on any atom is 0.227 e. The Bertz CT molecular complexity index is 400. The molecular formula is C9H11FN4O. The van der Waals surface area contributed by atoms with Crippen LogP contribution in [0.25, 0.3) is 0 Å². The highest BCUT2D eigenvalue weighted by atomic mass is 19.1. The van der Waals surface area contributed by atoms with Gasteiger partial charge in [-0.15, -0.1) is 0 Å². The summed E-state index contributed by atoms with van der Waals surface area (Å²) in [4.78, 5) is 9.91. The number of nitrogens with zero attached hydrogens (tertiary/aromatic N) is 3. The lowest BCUT2D eigenvalue weighted by Crippen LogP contribution is -2.38. The van der Waals surface area contributed by atoms with E-state index in [1.165, 1.54) is 0 Å². The van der Waals surface area contributed by atoms with Crippen molar-refractivity contribution in [1.82, 2.24) is 9.97 Å². The first-order valence-electron chi connectivity index (χ1n) is 4.92. The second-order valence-corrected chi connectivity index (χ2v) is 3.81. The van der Waals surface area contributed by atoms with Gasteiger partial charge in [-0.05, 0) is 6.42 Å². The molecule has 3 rings (SSSR count). The van der Waals surface area contributed by atoms with Crippen LogP contribution in [0.4, 0.5) is 16.2 Å². The number of nitrogens with two attached hydrogens (primary N) is 1. The molecule has 2 heterocycles. The first-order chi connectivity index (χ1) is 7.25. The van der Waals surface area contributed by atoms with Gasteiger partial charge in [-0.3, -0.25) is 0 Å². The molecule has 1 aliphatic carbocycles. The summed E-state index contributed by atoms with van der Waals surface area (Å²) in [5.41, 5.74) is 5.40. The SMILES string of the molecule is Nc1nc(N2CCOC3CC32)ncc1F. The molecule has 1 aromatic rings. The second-order valence-electron chi connectivity index (χ2n) is 3.81. The zero-order valence-electron chi connectivity index (χ0n) is 8.06. The van der Waals surface area contributed by atoms with Crippen LogP contribution in [-0.2, 0) is 4.74 Å². The van der Waals surface area contributed by atoms with Crippen LogP contribution in [0.15, 0.2) is 6.20 Å². The van der Waals surface area contributed by atoms with E-state index in [1.54, 1.807) is 0 Å². The molecule has 0 bridgehead atoms. The van der Waals surface area contributed by atoms with Crippen molar-refractivity contribution in [1.29, 1.82) is 0 Å². The van der Waals surface area contributed by atoms with Crippen LogP contribution >= 0.6 is 0 Å². The van der Waals surface area contributed by atoms with E-state index in [0.29, 0.717) is 24.7 Å². The molecule has 15 heavy (non-hydrogen) atoms. The van der Waals surface area contributed by atoms with Crippen LogP contribution in [0.5, 0.6) is 0 Å². The summed E-state index contributed by atoms with van der Waals surface area (Å²) < 4.78 is 18.3. The molecule has 2 fully saturated rings. The first-order valence-corrected chi connectivity index (χ1v) is 4.92. The van der Waals surface area contributed by atoms with Crippen molar-refractivity contribution in [3.63, 3.8) is 0 Å². The maximum absolute atomic E-state index is 12.9. The van der Waals surface area contributed by atoms with E-state index in [0.717, 1.165) is 19.2 Å². The van der Waals surface area contributed by atoms with Crippen LogP contribution in [0, 0.1) is 5.82 Å². The summed E-state index contributed by atoms with van der Waals surface area (Å²) in [5.74, 6) is -0.159. The molecule has 2 aliphatic rings. The highest BCUT2D eigenvalue weighted by Crippen LogP contribution is 2.36. The van der Waals surface area contributed by atoms with Crippen molar-refractivity contribution in [2.24, 2.45) is 0 Å². The Labute approximate surface area is 86.1 Å². The Hall–Kier alpha value is -1.43. The summed E-state index contributed by atoms with van der Waals surface area (Å²) in [6.07, 6.45) is 2.42. The lowest BCUT2D eigenvalue weighted by atomic mass is 10.4. The Balaban J connectivity index is 1.88. The Kier molecular flexibility index (Phi) is 1.79. The number of aromatic nitrogens is 2. The summed E-state index contributed by atoms with van der Waals surface area (Å²) in [6.45, 7) is 1.41. The highest BCUT2D eigenvalue weighted by molar-refractivity contribution is 5.42. The fourth-order valence-corrected chi connectivity index (χ4v) is 1.89. The van der Waals surface area contributed by atoms with Crippen molar-refractivity contribution in [2.75, 3.05) is 23.8 Å². The maximum atomic E-state index is 12.9. The fraction of sp³-hybridized carbons (Fsp3) is 0.556. The van der Waals surface area contributed by atoms with Crippen LogP contribution in [0.1, 0.15) is 6.42 Å². The van der Waals surface area contributed by atoms with Crippen LogP contribution in [-0.4, -0.2) is 35.3 Å². The summed E-state index contributed by atoms with van der Waals surface area (Å²) >= 11 is 0. The van der Waals surface area contributed by atoms with E-state index < -0.39 is 5.82 Å². The Morgan fingerprint density at radius 2 is 2.47 bits per heavy atom. The number of nitrogen functional groups attached to an aromatic ring is 1. The van der Waals surface area contributed by atoms with Gasteiger partial charge in [-0.25, -0.2) is 9.37 Å². The van der Waals surface area contributed by atoms with Gasteiger partial charge in [0.1, 0.15) is 0 Å². The number of hydrogen-bond donors (Lipinski definition) is 1. The number of hydrogen-bond acceptors (Lipinski definition) is 5. The van der Waals surface area contributed by atoms with Crippen molar-refractivity contribution in [2.45, 2.75) is 18.6 Å². The zero-order chi connectivity index (χ0) is 10.4. The van der Waals surface area contributed by atoms with Crippen LogP contribution < -0.4 is 10.6 Å². The number of rotatable bonds is 1. The molecular weight excluding hydrogens is 199 g/mol. The number of halogens is 1. The Morgan fingerprint density at radius 1 is 1.60 bits per heavy atom. The summed E-state index contributed by atoms with van der Waals surface area (Å²) in [5, 5.41) is 0. The van der Waals surface area contributed by atoms with Crippen molar-refractivity contribution in [3.8, 4) is 0 Å². The summed E-state index contributed by atoms with van der Waals surface area (Å²) in [7, 11) is 0. The van der Waals surface area contributed by atoms with Crippen LogP contribution in [0.2, 0.25) is 0 Å². The van der Waals surface area contributed by atoms with Crippen molar-refractivity contribution >= 4 is 11.8 Å². The number of anilines is 2. The largest absolute Gasteiger partial charge is 0.381 e. The molecule has 6 heteroatoms. The minimum atomic E-state index is -0.570. The van der Waals surface area contributed by atoms with Gasteiger partial charge < -0.3 is 15.4 Å². The van der Waals surface area contributed by atoms with E-state index in [4.69, 9.17) is 10.5 Å². The molecule has 0 amide bonds. The fourth-order valence-electron chi connectivity index (χ4n) is 1.89. The van der Waals surface area contributed by atoms with Gasteiger partial charge in [0.15, 0.2) is 11.6 Å². The topological polar surface area (TPSA) is 64.3 Å². The van der Waals surface area contributed by atoms with E-state index in [-0.39, 0.29) is 5.82 Å². The second kappa shape index (κ2) is 3.03. The van der Waals surface area contributed by atoms with Gasteiger partial charge in [0.05, 0.1) is 24.9 Å². The molecule has 1 aliphatic heterocycles. The quantitative estimate of drug-likeness (QED) is 0.716. The normalized spacial score (nSPS) is 28.7. The van der Waals surface area contributed by atoms with E-state index in [9.17, 15) is 4.39 Å². The average molecular weight is 210 g/mol. The number of ether oxygens (including phenoxy) is 1. The monoisotopic (exact) mass is 210 g/mol. The summed E-state index contributed by atoms with van der Waals surface area (Å²) in [6, 6.07) is 0.351. The predicted molar refractivity (Wildman–Crippen MR) is 51.9 cm³/mol. The lowest BCUT2D eigenvalue weighted by molar-refractivity contribution is 0.102. The standard InChI is InChI=1S/C9H11FN4O/c10-5-4-12-9(13-8(5)11)14-1-2-15-7-3-6(7)14/h4,6-7H,1-3H2,(H2,11,12,13). The predicted octanol–water partition coefficient (Wildman–Crippen LogP) is 0.175. The number of morpholine rings is 1. The van der Waals surface area contributed by atoms with E-state index >= 15 is 0 Å². The van der Waals surface area contributed by atoms with Crippen molar-refractivity contribution in [3.05, 3.63) is 12.0 Å². The molecule has 0 radical (unpaired) electrons. The van der Waals surface area contributed by atoms with Crippen LogP contribution in [0.3, 0.4) is 0 Å². The Morgan fingerprint density at radius 3 is 3.27 bits per heavy atom. The average Bonchev–Trinajstić information content (AvgIpc) is 3.00. The van der Waals surface area contributed by atoms with E-state index in [1.807, 2.05) is 4.90 Å². The van der Waals surface area contributed by atoms with Gasteiger partial charge >= 0.3 is 0 Å². The third kappa shape index (κ3) is 1.41. The van der Waals surface area contributed by atoms with Crippen molar-refractivity contribution < 1.29 is 9.13 Å². The zero-order valence-corrected chi connectivity index (χ0v) is 8.06. The molecule has 5 nitrogen and oxygen atoms in total. The molecule has 0 spiro atoms. The minimum absolute atomic E-state index is 0.0938. The lowest BCUT2D eigenvalue weighted by Gasteiger charge is -2.26. The third-order valence-electron chi connectivity index (χ3n) is 2.78. The van der Waals surface area contributed by atoms with Gasteiger partial charge in [-0.2, -0.15) is 4.98 Å². The number of fused-ring (bicyclic) bond motifs is 1. The van der Waals surface area contributed by atoms with Gasteiger partial charge in [0.2, 0.25) is 5.95 Å². The molecule has 0 aromatic carbocycles.